The van der Waals surface area contributed by atoms with Crippen LogP contribution in [-0.2, 0) is 10.8 Å². The quantitative estimate of drug-likeness (QED) is 0.760. The first kappa shape index (κ1) is 13.5. The number of hydrogen-bond acceptors (Lipinski definition) is 3. The van der Waals surface area contributed by atoms with Crippen LogP contribution in [0.5, 0.6) is 0 Å². The van der Waals surface area contributed by atoms with E-state index in [0.29, 0.717) is 0 Å². The molecule has 0 aromatic carbocycles. The standard InChI is InChI=1S/C13H26N2OS/c1-17(16)11-5-8-14-7-4-10-15-9-3-2-6-13(15)12-14/h13H,2-12H2,1H3. The van der Waals surface area contributed by atoms with Crippen LogP contribution in [0.15, 0.2) is 0 Å². The lowest BCUT2D eigenvalue weighted by atomic mass is 10.0. The maximum Gasteiger partial charge on any atom is 0.0244 e. The van der Waals surface area contributed by atoms with Gasteiger partial charge in [-0.3, -0.25) is 9.11 Å². The average molecular weight is 258 g/mol. The molecule has 2 atom stereocenters. The predicted molar refractivity (Wildman–Crippen MR) is 73.8 cm³/mol. The smallest absolute Gasteiger partial charge is 0.0244 e. The third kappa shape index (κ3) is 4.34. The van der Waals surface area contributed by atoms with Crippen molar-refractivity contribution in [3.05, 3.63) is 0 Å². The van der Waals surface area contributed by atoms with E-state index in [1.807, 2.05) is 6.26 Å². The van der Waals surface area contributed by atoms with Gasteiger partial charge in [0.05, 0.1) is 0 Å². The number of nitrogens with zero attached hydrogens (tertiary/aromatic N) is 2. The Labute approximate surface area is 108 Å². The Balaban J connectivity index is 1.77. The minimum absolute atomic E-state index is 0.619. The van der Waals surface area contributed by atoms with Gasteiger partial charge in [-0.2, -0.15) is 0 Å². The summed E-state index contributed by atoms with van der Waals surface area (Å²) in [5.74, 6) is 0.866. The van der Waals surface area contributed by atoms with Crippen molar-refractivity contribution in [1.29, 1.82) is 0 Å². The van der Waals surface area contributed by atoms with Gasteiger partial charge >= 0.3 is 0 Å². The van der Waals surface area contributed by atoms with Crippen molar-refractivity contribution in [3.8, 4) is 0 Å². The Morgan fingerprint density at radius 1 is 1.18 bits per heavy atom. The molecule has 0 aromatic heterocycles. The largest absolute Gasteiger partial charge is 0.302 e. The summed E-state index contributed by atoms with van der Waals surface area (Å²) in [6.45, 7) is 6.24. The summed E-state index contributed by atoms with van der Waals surface area (Å²) in [6.07, 6.45) is 8.41. The van der Waals surface area contributed by atoms with E-state index in [-0.39, 0.29) is 0 Å². The van der Waals surface area contributed by atoms with Gasteiger partial charge in [0.25, 0.3) is 0 Å². The molecule has 0 aromatic rings. The second-order valence-electron chi connectivity index (χ2n) is 5.47. The fraction of sp³-hybridized carbons (Fsp3) is 1.00. The lowest BCUT2D eigenvalue weighted by molar-refractivity contribution is 0.137. The van der Waals surface area contributed by atoms with Crippen LogP contribution < -0.4 is 0 Å². The average Bonchev–Trinajstić information content (AvgIpc) is 2.50. The molecule has 4 heteroatoms. The third-order valence-electron chi connectivity index (χ3n) is 4.04. The molecule has 2 rings (SSSR count). The minimum atomic E-state index is -0.619. The molecular formula is C13H26N2OS. The molecule has 2 heterocycles. The molecule has 0 radical (unpaired) electrons. The molecule has 0 spiro atoms. The second kappa shape index (κ2) is 6.86. The van der Waals surface area contributed by atoms with Crippen molar-refractivity contribution in [2.24, 2.45) is 0 Å². The van der Waals surface area contributed by atoms with Crippen LogP contribution in [0.25, 0.3) is 0 Å². The molecule has 2 fully saturated rings. The highest BCUT2D eigenvalue weighted by molar-refractivity contribution is 7.84. The fourth-order valence-corrected chi connectivity index (χ4v) is 3.68. The summed E-state index contributed by atoms with van der Waals surface area (Å²) < 4.78 is 11.1. The molecular weight excluding hydrogens is 232 g/mol. The number of piperidine rings is 1. The van der Waals surface area contributed by atoms with Gasteiger partial charge in [0.1, 0.15) is 0 Å². The topological polar surface area (TPSA) is 23.6 Å². The van der Waals surface area contributed by atoms with Crippen molar-refractivity contribution >= 4 is 10.8 Å². The zero-order valence-corrected chi connectivity index (χ0v) is 11.9. The van der Waals surface area contributed by atoms with Crippen molar-refractivity contribution in [1.82, 2.24) is 9.80 Å². The van der Waals surface area contributed by atoms with Crippen molar-refractivity contribution in [2.45, 2.75) is 38.1 Å². The van der Waals surface area contributed by atoms with Crippen molar-refractivity contribution in [3.63, 3.8) is 0 Å². The van der Waals surface area contributed by atoms with Gasteiger partial charge in [0, 0.05) is 35.4 Å². The molecule has 17 heavy (non-hydrogen) atoms. The molecule has 0 bridgehead atoms. The molecule has 100 valence electrons. The van der Waals surface area contributed by atoms with Gasteiger partial charge in [-0.15, -0.1) is 0 Å². The van der Waals surface area contributed by atoms with Crippen LogP contribution in [0.4, 0.5) is 0 Å². The zero-order chi connectivity index (χ0) is 12.1. The zero-order valence-electron chi connectivity index (χ0n) is 11.1. The van der Waals surface area contributed by atoms with E-state index < -0.39 is 10.8 Å². The van der Waals surface area contributed by atoms with Gasteiger partial charge in [0.15, 0.2) is 0 Å². The highest BCUT2D eigenvalue weighted by Gasteiger charge is 2.26. The van der Waals surface area contributed by atoms with Crippen LogP contribution in [0.1, 0.15) is 32.1 Å². The Morgan fingerprint density at radius 3 is 2.82 bits per heavy atom. The summed E-state index contributed by atoms with van der Waals surface area (Å²) in [5.41, 5.74) is 0. The van der Waals surface area contributed by atoms with E-state index in [1.165, 1.54) is 51.9 Å². The van der Waals surface area contributed by atoms with Gasteiger partial charge in [0.2, 0.25) is 0 Å². The Hall–Kier alpha value is 0.0700. The van der Waals surface area contributed by atoms with E-state index >= 15 is 0 Å². The lowest BCUT2D eigenvalue weighted by Crippen LogP contribution is -2.44. The number of rotatable bonds is 4. The molecule has 0 N–H and O–H groups in total. The van der Waals surface area contributed by atoms with Crippen LogP contribution in [0, 0.1) is 0 Å². The van der Waals surface area contributed by atoms with Crippen LogP contribution >= 0.6 is 0 Å². The normalized spacial score (nSPS) is 29.6. The Kier molecular flexibility index (Phi) is 5.45. The van der Waals surface area contributed by atoms with E-state index in [2.05, 4.69) is 9.80 Å². The van der Waals surface area contributed by atoms with Crippen LogP contribution in [0.3, 0.4) is 0 Å². The summed E-state index contributed by atoms with van der Waals surface area (Å²) in [4.78, 5) is 5.30. The first-order valence-electron chi connectivity index (χ1n) is 7.02. The highest BCUT2D eigenvalue weighted by atomic mass is 32.2. The van der Waals surface area contributed by atoms with Gasteiger partial charge < -0.3 is 4.90 Å². The molecule has 0 amide bonds. The van der Waals surface area contributed by atoms with E-state index in [9.17, 15) is 4.21 Å². The molecule has 2 aliphatic rings. The molecule has 2 aliphatic heterocycles. The third-order valence-corrected chi connectivity index (χ3v) is 4.91. The first-order valence-corrected chi connectivity index (χ1v) is 8.75. The van der Waals surface area contributed by atoms with E-state index in [4.69, 9.17) is 0 Å². The van der Waals surface area contributed by atoms with Crippen LogP contribution in [-0.4, -0.2) is 64.8 Å². The van der Waals surface area contributed by atoms with E-state index in [0.717, 1.165) is 24.8 Å². The summed E-state index contributed by atoms with van der Waals surface area (Å²) in [6, 6.07) is 0.804. The summed E-state index contributed by atoms with van der Waals surface area (Å²) in [7, 11) is -0.619. The van der Waals surface area contributed by atoms with Gasteiger partial charge in [-0.05, 0) is 51.9 Å². The maximum absolute atomic E-state index is 11.1. The van der Waals surface area contributed by atoms with Crippen molar-refractivity contribution in [2.75, 3.05) is 44.7 Å². The van der Waals surface area contributed by atoms with Gasteiger partial charge in [-0.1, -0.05) is 6.42 Å². The molecule has 3 nitrogen and oxygen atoms in total. The molecule has 0 saturated carbocycles. The molecule has 0 aliphatic carbocycles. The predicted octanol–water partition coefficient (Wildman–Crippen LogP) is 1.32. The molecule has 2 unspecified atom stereocenters. The van der Waals surface area contributed by atoms with E-state index in [1.54, 1.807) is 0 Å². The number of fused-ring (bicyclic) bond motifs is 1. The minimum Gasteiger partial charge on any atom is -0.302 e. The maximum atomic E-state index is 11.1. The molecule has 2 saturated heterocycles. The highest BCUT2D eigenvalue weighted by Crippen LogP contribution is 2.20. The van der Waals surface area contributed by atoms with Gasteiger partial charge in [-0.25, -0.2) is 0 Å². The Bertz CT molecular complexity index is 260. The lowest BCUT2D eigenvalue weighted by Gasteiger charge is -2.35. The monoisotopic (exact) mass is 258 g/mol. The van der Waals surface area contributed by atoms with Crippen LogP contribution in [0.2, 0.25) is 0 Å². The Morgan fingerprint density at radius 2 is 2.00 bits per heavy atom. The van der Waals surface area contributed by atoms with Crippen molar-refractivity contribution < 1.29 is 4.21 Å². The second-order valence-corrected chi connectivity index (χ2v) is 7.03. The summed E-state index contributed by atoms with van der Waals surface area (Å²) in [5, 5.41) is 0. The fourth-order valence-electron chi connectivity index (χ4n) is 3.14. The number of hydrogen-bond donors (Lipinski definition) is 0. The summed E-state index contributed by atoms with van der Waals surface area (Å²) >= 11 is 0. The first-order chi connectivity index (χ1) is 8.25. The SMILES string of the molecule is CS(=O)CCCN1CCCN2CCCCC2C1.